The Labute approximate surface area is 231 Å². The van der Waals surface area contributed by atoms with Gasteiger partial charge >= 0.3 is 5.97 Å². The van der Waals surface area contributed by atoms with Crippen LogP contribution in [0.1, 0.15) is 52.1 Å². The first-order valence-electron chi connectivity index (χ1n) is 13.2. The number of piperidine rings is 1. The number of hydrogen-bond donors (Lipinski definition) is 2. The quantitative estimate of drug-likeness (QED) is 0.354. The SMILES string of the molecule is Cc1cc([C@@H](C)Nc2ccccc2C(=O)O)c2nc(N3CC4CC(C3)N4c3ccc(C#N)cc3)c(C#N)nc2c1. The molecule has 4 heterocycles. The molecule has 0 saturated carbocycles. The average molecular weight is 530 g/mol. The Kier molecular flexibility index (Phi) is 6.20. The van der Waals surface area contributed by atoms with E-state index in [9.17, 15) is 15.2 Å². The molecular weight excluding hydrogens is 502 g/mol. The lowest BCUT2D eigenvalue weighted by Crippen LogP contribution is -2.69. The summed E-state index contributed by atoms with van der Waals surface area (Å²) >= 11 is 0. The number of aromatic carboxylic acids is 1. The smallest absolute Gasteiger partial charge is 0.337 e. The molecule has 0 radical (unpaired) electrons. The fraction of sp³-hybridized carbons (Fsp3) is 0.258. The Morgan fingerprint density at radius 3 is 2.45 bits per heavy atom. The van der Waals surface area contributed by atoms with E-state index in [2.05, 4.69) is 27.3 Å². The number of piperazine rings is 1. The van der Waals surface area contributed by atoms with Gasteiger partial charge in [0.15, 0.2) is 11.5 Å². The molecule has 0 aliphatic carbocycles. The van der Waals surface area contributed by atoms with Crippen LogP contribution in [0.5, 0.6) is 0 Å². The van der Waals surface area contributed by atoms with E-state index in [1.54, 1.807) is 24.3 Å². The van der Waals surface area contributed by atoms with E-state index < -0.39 is 5.97 Å². The van der Waals surface area contributed by atoms with Gasteiger partial charge in [-0.25, -0.2) is 14.8 Å². The van der Waals surface area contributed by atoms with Crippen molar-refractivity contribution in [2.24, 2.45) is 0 Å². The van der Waals surface area contributed by atoms with E-state index in [1.807, 2.05) is 50.2 Å². The normalized spacial score (nSPS) is 18.4. The van der Waals surface area contributed by atoms with Crippen molar-refractivity contribution in [3.63, 3.8) is 0 Å². The molecule has 0 amide bonds. The molecule has 0 spiro atoms. The molecule has 9 heteroatoms. The third-order valence-electron chi connectivity index (χ3n) is 7.81. The molecular formula is C31H27N7O2. The van der Waals surface area contributed by atoms with Crippen LogP contribution in [0.15, 0.2) is 60.7 Å². The second-order valence-corrected chi connectivity index (χ2v) is 10.5. The first-order chi connectivity index (χ1) is 19.4. The van der Waals surface area contributed by atoms with Crippen LogP contribution in [-0.2, 0) is 0 Å². The largest absolute Gasteiger partial charge is 0.478 e. The number of benzene rings is 3. The second kappa shape index (κ2) is 9.87. The molecule has 3 aromatic carbocycles. The van der Waals surface area contributed by atoms with Crippen molar-refractivity contribution in [3.05, 3.63) is 88.6 Å². The van der Waals surface area contributed by atoms with Gasteiger partial charge in [-0.3, -0.25) is 0 Å². The third kappa shape index (κ3) is 4.32. The van der Waals surface area contributed by atoms with Crippen LogP contribution < -0.4 is 15.1 Å². The highest BCUT2D eigenvalue weighted by molar-refractivity contribution is 5.94. The molecule has 3 saturated heterocycles. The molecule has 7 rings (SSSR count). The Hall–Kier alpha value is -5.15. The number of fused-ring (bicyclic) bond motifs is 3. The van der Waals surface area contributed by atoms with Gasteiger partial charge in [0.1, 0.15) is 6.07 Å². The van der Waals surface area contributed by atoms with Gasteiger partial charge in [0.05, 0.1) is 34.3 Å². The van der Waals surface area contributed by atoms with Crippen molar-refractivity contribution in [1.82, 2.24) is 9.97 Å². The summed E-state index contributed by atoms with van der Waals surface area (Å²) in [6.07, 6.45) is 1.06. The fourth-order valence-electron chi connectivity index (χ4n) is 5.97. The number of para-hydroxylation sites is 1. The minimum absolute atomic E-state index is 0.198. The van der Waals surface area contributed by atoms with E-state index in [0.29, 0.717) is 46.9 Å². The van der Waals surface area contributed by atoms with Crippen molar-refractivity contribution in [1.29, 1.82) is 10.5 Å². The number of hydrogen-bond acceptors (Lipinski definition) is 8. The summed E-state index contributed by atoms with van der Waals surface area (Å²) < 4.78 is 0. The lowest BCUT2D eigenvalue weighted by Gasteiger charge is -2.57. The Balaban J connectivity index is 1.33. The van der Waals surface area contributed by atoms with Crippen LogP contribution in [0.3, 0.4) is 0 Å². The van der Waals surface area contributed by atoms with E-state index in [4.69, 9.17) is 15.2 Å². The number of carboxylic acids is 1. The molecule has 3 aliphatic rings. The third-order valence-corrected chi connectivity index (χ3v) is 7.81. The minimum atomic E-state index is -0.996. The zero-order valence-corrected chi connectivity index (χ0v) is 22.2. The van der Waals surface area contributed by atoms with Crippen molar-refractivity contribution in [2.75, 3.05) is 28.2 Å². The van der Waals surface area contributed by atoms with Gasteiger partial charge in [-0.2, -0.15) is 10.5 Å². The number of nitrogens with one attached hydrogen (secondary N) is 1. The number of aromatic nitrogens is 2. The van der Waals surface area contributed by atoms with Crippen molar-refractivity contribution >= 4 is 34.2 Å². The standard InChI is InChI=1S/C31H27N7O2/c1-18-11-25(19(2)34-26-6-4-3-5-24(26)31(39)40)29-27(12-18)35-28(15-33)30(36-29)37-16-22-13-23(17-37)38(22)21-9-7-20(14-32)8-10-21/h3-12,19,22-23,34H,13,16-17H2,1-2H3,(H,39,40)/t19-,22?,23?/m1/s1. The van der Waals surface area contributed by atoms with E-state index in [0.717, 1.165) is 23.2 Å². The highest BCUT2D eigenvalue weighted by atomic mass is 16.4. The Bertz CT molecular complexity index is 1710. The number of nitriles is 2. The maximum atomic E-state index is 11.8. The summed E-state index contributed by atoms with van der Waals surface area (Å²) in [6, 6.07) is 23.2. The van der Waals surface area contributed by atoms with Crippen molar-refractivity contribution in [2.45, 2.75) is 38.4 Å². The zero-order valence-electron chi connectivity index (χ0n) is 22.2. The molecule has 1 aromatic heterocycles. The second-order valence-electron chi connectivity index (χ2n) is 10.5. The molecule has 2 N–H and O–H groups in total. The van der Waals surface area contributed by atoms with Crippen LogP contribution in [0.4, 0.5) is 17.2 Å². The summed E-state index contributed by atoms with van der Waals surface area (Å²) in [5, 5.41) is 32.1. The maximum Gasteiger partial charge on any atom is 0.337 e. The molecule has 2 bridgehead atoms. The molecule has 198 valence electrons. The molecule has 3 fully saturated rings. The summed E-state index contributed by atoms with van der Waals surface area (Å²) in [4.78, 5) is 26.1. The van der Waals surface area contributed by atoms with E-state index in [1.165, 1.54) is 0 Å². The Morgan fingerprint density at radius 2 is 1.77 bits per heavy atom. The van der Waals surface area contributed by atoms with Crippen LogP contribution in [0.2, 0.25) is 0 Å². The predicted octanol–water partition coefficient (Wildman–Crippen LogP) is 5.02. The maximum absolute atomic E-state index is 11.8. The fourth-order valence-corrected chi connectivity index (χ4v) is 5.97. The number of carbonyl (C=O) groups is 1. The van der Waals surface area contributed by atoms with Crippen LogP contribution in [0, 0.1) is 29.6 Å². The number of anilines is 3. The highest BCUT2D eigenvalue weighted by Gasteiger charge is 2.45. The average Bonchev–Trinajstić information content (AvgIpc) is 2.96. The van der Waals surface area contributed by atoms with Gasteiger partial charge in [0, 0.05) is 42.1 Å². The number of rotatable bonds is 6. The summed E-state index contributed by atoms with van der Waals surface area (Å²) in [5.41, 5.74) is 5.95. The lowest BCUT2D eigenvalue weighted by atomic mass is 9.86. The molecule has 2 unspecified atom stereocenters. The van der Waals surface area contributed by atoms with Gasteiger partial charge in [-0.1, -0.05) is 18.2 Å². The highest BCUT2D eigenvalue weighted by Crippen LogP contribution is 2.39. The summed E-state index contributed by atoms with van der Waals surface area (Å²) in [6.45, 7) is 5.37. The first kappa shape index (κ1) is 25.1. The van der Waals surface area contributed by atoms with Gasteiger partial charge in [0.25, 0.3) is 0 Å². The Morgan fingerprint density at radius 1 is 1.05 bits per heavy atom. The summed E-state index contributed by atoms with van der Waals surface area (Å²) in [5.74, 6) is -0.420. The van der Waals surface area contributed by atoms with Crippen LogP contribution in [0.25, 0.3) is 11.0 Å². The predicted molar refractivity (Wildman–Crippen MR) is 152 cm³/mol. The first-order valence-corrected chi connectivity index (χ1v) is 13.2. The molecule has 3 atom stereocenters. The van der Waals surface area contributed by atoms with Crippen molar-refractivity contribution < 1.29 is 9.90 Å². The van der Waals surface area contributed by atoms with Gasteiger partial charge in [-0.05, 0) is 68.3 Å². The minimum Gasteiger partial charge on any atom is -0.478 e. The number of carboxylic acid groups (broad SMARTS) is 1. The molecule has 40 heavy (non-hydrogen) atoms. The molecule has 4 aromatic rings. The number of nitrogens with zero attached hydrogens (tertiary/aromatic N) is 6. The topological polar surface area (TPSA) is 129 Å². The van der Waals surface area contributed by atoms with Gasteiger partial charge < -0.3 is 20.2 Å². The molecule has 9 nitrogen and oxygen atoms in total. The number of aryl methyl sites for hydroxylation is 1. The van der Waals surface area contributed by atoms with E-state index >= 15 is 0 Å². The van der Waals surface area contributed by atoms with Gasteiger partial charge in [-0.15, -0.1) is 0 Å². The van der Waals surface area contributed by atoms with Gasteiger partial charge in [0.2, 0.25) is 0 Å². The van der Waals surface area contributed by atoms with Crippen LogP contribution in [-0.4, -0.2) is 46.2 Å². The van der Waals surface area contributed by atoms with Crippen molar-refractivity contribution in [3.8, 4) is 12.1 Å². The zero-order chi connectivity index (χ0) is 28.0. The monoisotopic (exact) mass is 529 g/mol. The summed E-state index contributed by atoms with van der Waals surface area (Å²) in [7, 11) is 0. The van der Waals surface area contributed by atoms with E-state index in [-0.39, 0.29) is 23.7 Å². The molecule has 3 aliphatic heterocycles. The van der Waals surface area contributed by atoms with Crippen LogP contribution >= 0.6 is 0 Å². The lowest BCUT2D eigenvalue weighted by molar-refractivity contribution is 0.0698.